The largest absolute Gasteiger partial charge is 0.381 e. The highest BCUT2D eigenvalue weighted by Crippen LogP contribution is 2.28. The van der Waals surface area contributed by atoms with Crippen molar-refractivity contribution < 1.29 is 4.74 Å². The lowest BCUT2D eigenvalue weighted by atomic mass is 9.85. The van der Waals surface area contributed by atoms with E-state index in [1.54, 1.807) is 0 Å². The molecule has 5 unspecified atom stereocenters. The van der Waals surface area contributed by atoms with E-state index in [0.29, 0.717) is 12.0 Å². The van der Waals surface area contributed by atoms with Gasteiger partial charge < -0.3 is 10.1 Å². The molecule has 0 aromatic rings. The molecule has 0 aliphatic carbocycles. The van der Waals surface area contributed by atoms with Gasteiger partial charge in [-0.15, -0.1) is 0 Å². The topological polar surface area (TPSA) is 24.5 Å². The molecule has 2 aliphatic heterocycles. The molecule has 2 aliphatic rings. The quantitative estimate of drug-likeness (QED) is 0.811. The fourth-order valence-corrected chi connectivity index (χ4v) is 3.91. The second-order valence-corrected chi connectivity index (χ2v) is 7.20. The van der Waals surface area contributed by atoms with E-state index in [2.05, 4.69) is 37.9 Å². The summed E-state index contributed by atoms with van der Waals surface area (Å²) in [5.74, 6) is 2.37. The summed E-state index contributed by atoms with van der Waals surface area (Å²) in [7, 11) is 0. The number of ether oxygens (including phenoxy) is 1. The molecule has 0 saturated carbocycles. The second kappa shape index (κ2) is 7.77. The van der Waals surface area contributed by atoms with E-state index in [4.69, 9.17) is 4.74 Å². The first kappa shape index (κ1) is 16.3. The van der Waals surface area contributed by atoms with Crippen LogP contribution in [0.2, 0.25) is 0 Å². The van der Waals surface area contributed by atoms with Crippen LogP contribution in [0.25, 0.3) is 0 Å². The van der Waals surface area contributed by atoms with Crippen LogP contribution in [-0.2, 0) is 4.74 Å². The van der Waals surface area contributed by atoms with Crippen LogP contribution in [0.3, 0.4) is 0 Å². The molecule has 3 nitrogen and oxygen atoms in total. The zero-order valence-electron chi connectivity index (χ0n) is 13.9. The molecule has 0 aromatic carbocycles. The van der Waals surface area contributed by atoms with Crippen molar-refractivity contribution >= 4 is 0 Å². The van der Waals surface area contributed by atoms with E-state index in [0.717, 1.165) is 37.6 Å². The van der Waals surface area contributed by atoms with E-state index in [-0.39, 0.29) is 0 Å². The van der Waals surface area contributed by atoms with Crippen LogP contribution in [0.1, 0.15) is 47.0 Å². The minimum absolute atomic E-state index is 0.609. The van der Waals surface area contributed by atoms with E-state index in [9.17, 15) is 0 Å². The average Bonchev–Trinajstić information content (AvgIpc) is 2.93. The Balaban J connectivity index is 1.94. The highest BCUT2D eigenvalue weighted by atomic mass is 16.5. The molecule has 3 heteroatoms. The smallest absolute Gasteiger partial charge is 0.0510 e. The molecule has 0 radical (unpaired) electrons. The van der Waals surface area contributed by atoms with Crippen molar-refractivity contribution in [2.75, 3.05) is 32.8 Å². The van der Waals surface area contributed by atoms with Crippen LogP contribution >= 0.6 is 0 Å². The van der Waals surface area contributed by atoms with Gasteiger partial charge in [-0.1, -0.05) is 20.8 Å². The van der Waals surface area contributed by atoms with Gasteiger partial charge in [-0.25, -0.2) is 0 Å². The Kier molecular flexibility index (Phi) is 6.31. The molecule has 1 N–H and O–H groups in total. The summed E-state index contributed by atoms with van der Waals surface area (Å²) >= 11 is 0. The van der Waals surface area contributed by atoms with Crippen LogP contribution < -0.4 is 5.32 Å². The lowest BCUT2D eigenvalue weighted by Crippen LogP contribution is -2.53. The molecule has 2 saturated heterocycles. The predicted molar refractivity (Wildman–Crippen MR) is 85.0 cm³/mol. The summed E-state index contributed by atoms with van der Waals surface area (Å²) in [5.41, 5.74) is 0. The highest BCUT2D eigenvalue weighted by molar-refractivity contribution is 4.88. The third-order valence-electron chi connectivity index (χ3n) is 5.34. The standard InChI is InChI=1S/C17H34N2O/c1-5-7-18-17(16-6-8-20-12-16)11-19-10-13(2)9-14(3)15(19)4/h13-18H,5-12H2,1-4H3. The van der Waals surface area contributed by atoms with Gasteiger partial charge in [0.15, 0.2) is 0 Å². The Morgan fingerprint density at radius 1 is 1.30 bits per heavy atom. The van der Waals surface area contributed by atoms with Gasteiger partial charge in [0.25, 0.3) is 0 Å². The van der Waals surface area contributed by atoms with Gasteiger partial charge >= 0.3 is 0 Å². The Labute approximate surface area is 125 Å². The number of likely N-dealkylation sites (tertiary alicyclic amines) is 1. The summed E-state index contributed by atoms with van der Waals surface area (Å²) in [6, 6.07) is 1.33. The molecule has 20 heavy (non-hydrogen) atoms. The lowest BCUT2D eigenvalue weighted by molar-refractivity contribution is 0.0607. The fraction of sp³-hybridized carbons (Fsp3) is 1.00. The fourth-order valence-electron chi connectivity index (χ4n) is 3.91. The van der Waals surface area contributed by atoms with Gasteiger partial charge in [-0.2, -0.15) is 0 Å². The highest BCUT2D eigenvalue weighted by Gasteiger charge is 2.33. The van der Waals surface area contributed by atoms with E-state index in [1.807, 2.05) is 0 Å². The number of rotatable bonds is 6. The second-order valence-electron chi connectivity index (χ2n) is 7.20. The summed E-state index contributed by atoms with van der Waals surface area (Å²) in [5, 5.41) is 3.79. The zero-order chi connectivity index (χ0) is 14.5. The summed E-state index contributed by atoms with van der Waals surface area (Å²) in [6.07, 6.45) is 3.83. The molecule has 2 rings (SSSR count). The van der Waals surface area contributed by atoms with Gasteiger partial charge in [0, 0.05) is 37.7 Å². The van der Waals surface area contributed by atoms with Crippen molar-refractivity contribution in [3.05, 3.63) is 0 Å². The molecule has 0 aromatic heterocycles. The van der Waals surface area contributed by atoms with E-state index < -0.39 is 0 Å². The van der Waals surface area contributed by atoms with E-state index in [1.165, 1.54) is 32.4 Å². The number of hydrogen-bond acceptors (Lipinski definition) is 3. The first-order valence-electron chi connectivity index (χ1n) is 8.67. The summed E-state index contributed by atoms with van der Waals surface area (Å²) < 4.78 is 5.62. The normalized spacial score (nSPS) is 37.2. The van der Waals surface area contributed by atoms with Crippen LogP contribution in [0, 0.1) is 17.8 Å². The molecule has 2 heterocycles. The Morgan fingerprint density at radius 2 is 2.10 bits per heavy atom. The van der Waals surface area contributed by atoms with Crippen molar-refractivity contribution in [2.24, 2.45) is 17.8 Å². The Morgan fingerprint density at radius 3 is 2.75 bits per heavy atom. The third-order valence-corrected chi connectivity index (χ3v) is 5.34. The maximum Gasteiger partial charge on any atom is 0.0510 e. The minimum atomic E-state index is 0.609. The molecule has 2 fully saturated rings. The maximum absolute atomic E-state index is 5.62. The monoisotopic (exact) mass is 282 g/mol. The van der Waals surface area contributed by atoms with Gasteiger partial charge in [0.05, 0.1) is 6.61 Å². The van der Waals surface area contributed by atoms with Gasteiger partial charge in [-0.05, 0) is 44.6 Å². The first-order chi connectivity index (χ1) is 9.61. The molecule has 0 bridgehead atoms. The molecule has 5 atom stereocenters. The maximum atomic E-state index is 5.62. The molecule has 0 amide bonds. The molecule has 118 valence electrons. The van der Waals surface area contributed by atoms with Gasteiger partial charge in [-0.3, -0.25) is 4.90 Å². The zero-order valence-corrected chi connectivity index (χ0v) is 13.9. The SMILES string of the molecule is CCCNC(CN1CC(C)CC(C)C1C)C1CCOC1. The molecular weight excluding hydrogens is 248 g/mol. The lowest BCUT2D eigenvalue weighted by Gasteiger charge is -2.43. The van der Waals surface area contributed by atoms with Crippen molar-refractivity contribution in [2.45, 2.75) is 59.0 Å². The third kappa shape index (κ3) is 4.19. The van der Waals surface area contributed by atoms with E-state index >= 15 is 0 Å². The van der Waals surface area contributed by atoms with Crippen LogP contribution in [-0.4, -0.2) is 49.8 Å². The van der Waals surface area contributed by atoms with Crippen molar-refractivity contribution in [1.29, 1.82) is 0 Å². The van der Waals surface area contributed by atoms with Crippen LogP contribution in [0.15, 0.2) is 0 Å². The molecule has 0 spiro atoms. The van der Waals surface area contributed by atoms with Crippen LogP contribution in [0.4, 0.5) is 0 Å². The van der Waals surface area contributed by atoms with Crippen LogP contribution in [0.5, 0.6) is 0 Å². The number of piperidine rings is 1. The summed E-state index contributed by atoms with van der Waals surface area (Å²) in [4.78, 5) is 2.73. The number of nitrogens with zero attached hydrogens (tertiary/aromatic N) is 1. The summed E-state index contributed by atoms with van der Waals surface area (Å²) in [6.45, 7) is 15.0. The minimum Gasteiger partial charge on any atom is -0.381 e. The molecular formula is C17H34N2O. The Bertz CT molecular complexity index is 278. The Hall–Kier alpha value is -0.120. The van der Waals surface area contributed by atoms with Crippen molar-refractivity contribution in [3.8, 4) is 0 Å². The van der Waals surface area contributed by atoms with Crippen molar-refractivity contribution in [1.82, 2.24) is 10.2 Å². The average molecular weight is 282 g/mol. The number of nitrogens with one attached hydrogen (secondary N) is 1. The predicted octanol–water partition coefficient (Wildman–Crippen LogP) is 2.76. The van der Waals surface area contributed by atoms with Crippen molar-refractivity contribution in [3.63, 3.8) is 0 Å². The van der Waals surface area contributed by atoms with Gasteiger partial charge in [0.1, 0.15) is 0 Å². The van der Waals surface area contributed by atoms with Gasteiger partial charge in [0.2, 0.25) is 0 Å². The first-order valence-corrected chi connectivity index (χ1v) is 8.67. The number of hydrogen-bond donors (Lipinski definition) is 1.